The fourth-order valence-electron chi connectivity index (χ4n) is 4.83. The molecule has 8 nitrogen and oxygen atoms in total. The van der Waals surface area contributed by atoms with Crippen LogP contribution < -0.4 is 15.6 Å². The van der Waals surface area contributed by atoms with E-state index in [0.717, 1.165) is 43.2 Å². The minimum atomic E-state index is -1.17. The molecule has 0 spiro atoms. The van der Waals surface area contributed by atoms with Gasteiger partial charge >= 0.3 is 0 Å². The van der Waals surface area contributed by atoms with Gasteiger partial charge in [-0.25, -0.2) is 10.4 Å². The molecule has 1 saturated carbocycles. The molecule has 1 aliphatic carbocycles. The Morgan fingerprint density at radius 1 is 1.11 bits per heavy atom. The molecule has 2 atom stereocenters. The molecule has 2 aromatic rings. The number of amides is 1. The van der Waals surface area contributed by atoms with Gasteiger partial charge in [-0.15, -0.1) is 0 Å². The molecule has 36 heavy (non-hydrogen) atoms. The largest absolute Gasteiger partial charge is 0.494 e. The number of hydrogen-bond acceptors (Lipinski definition) is 7. The summed E-state index contributed by atoms with van der Waals surface area (Å²) < 4.78 is 11.8. The average Bonchev–Trinajstić information content (AvgIpc) is 3.22. The van der Waals surface area contributed by atoms with E-state index < -0.39 is 17.2 Å². The number of ether oxygens (including phenoxy) is 2. The van der Waals surface area contributed by atoms with Crippen molar-refractivity contribution < 1.29 is 24.5 Å². The zero-order valence-corrected chi connectivity index (χ0v) is 20.9. The van der Waals surface area contributed by atoms with Crippen LogP contribution >= 0.6 is 0 Å². The minimum Gasteiger partial charge on any atom is -0.494 e. The van der Waals surface area contributed by atoms with Gasteiger partial charge in [0.1, 0.15) is 11.9 Å². The highest BCUT2D eigenvalue weighted by Crippen LogP contribution is 2.33. The van der Waals surface area contributed by atoms with Crippen LogP contribution in [0.4, 0.5) is 0 Å². The molecule has 0 unspecified atom stereocenters. The first-order valence-corrected chi connectivity index (χ1v) is 12.8. The van der Waals surface area contributed by atoms with Gasteiger partial charge in [0.05, 0.1) is 12.2 Å². The fraction of sp³-hybridized carbons (Fsp3) is 0.500. The number of aliphatic imine (C=N–C) groups is 1. The number of benzene rings is 2. The molecule has 2 aliphatic rings. The number of hydrogen-bond donors (Lipinski definition) is 4. The van der Waals surface area contributed by atoms with Gasteiger partial charge in [0.15, 0.2) is 5.54 Å². The third-order valence-corrected chi connectivity index (χ3v) is 7.05. The molecule has 0 radical (unpaired) electrons. The Hall–Kier alpha value is -2.94. The van der Waals surface area contributed by atoms with Gasteiger partial charge in [0.25, 0.3) is 5.91 Å². The molecule has 0 bridgehead atoms. The number of nitrogens with zero attached hydrogens (tertiary/aromatic N) is 1. The molecule has 1 fully saturated rings. The minimum absolute atomic E-state index is 0.0837. The van der Waals surface area contributed by atoms with Crippen molar-refractivity contribution in [2.24, 2.45) is 4.99 Å². The van der Waals surface area contributed by atoms with Crippen LogP contribution in [0.2, 0.25) is 0 Å². The van der Waals surface area contributed by atoms with Crippen LogP contribution in [-0.2, 0) is 16.0 Å². The summed E-state index contributed by atoms with van der Waals surface area (Å²) in [5, 5.41) is 19.7. The van der Waals surface area contributed by atoms with Crippen LogP contribution in [0.1, 0.15) is 56.6 Å². The lowest BCUT2D eigenvalue weighted by atomic mass is 9.85. The van der Waals surface area contributed by atoms with E-state index in [1.54, 1.807) is 0 Å². The Kier molecular flexibility index (Phi) is 8.61. The van der Waals surface area contributed by atoms with Crippen molar-refractivity contribution in [3.63, 3.8) is 0 Å². The monoisotopic (exact) mass is 495 g/mol. The van der Waals surface area contributed by atoms with E-state index in [4.69, 9.17) is 19.6 Å². The van der Waals surface area contributed by atoms with Crippen LogP contribution in [0.25, 0.3) is 0 Å². The maximum Gasteiger partial charge on any atom is 0.266 e. The Morgan fingerprint density at radius 3 is 2.53 bits per heavy atom. The summed E-state index contributed by atoms with van der Waals surface area (Å²) >= 11 is 0. The van der Waals surface area contributed by atoms with E-state index in [1.807, 2.05) is 61.5 Å². The lowest BCUT2D eigenvalue weighted by Crippen LogP contribution is -2.58. The SMILES string of the molecule is C[C@@H]1OC(c2ccc(OCCCO)cc2)=N[C@]1(Cc1ccccc1)C(=O)NNCC1(O)CCCCC1. The van der Waals surface area contributed by atoms with Gasteiger partial charge in [-0.3, -0.25) is 10.2 Å². The van der Waals surface area contributed by atoms with Crippen LogP contribution in [0.5, 0.6) is 5.75 Å². The standard InChI is InChI=1S/C28H37N3O5/c1-21-28(19-22-9-4-2-5-10-22,26(33)31-29-20-27(34)15-6-3-7-16-27)30-25(36-21)23-11-13-24(14-12-23)35-18-8-17-32/h2,4-5,9-14,21,29,32,34H,3,6-8,15-20H2,1H3,(H,31,33)/t21-,28-/m0/s1. The lowest BCUT2D eigenvalue weighted by molar-refractivity contribution is -0.129. The van der Waals surface area contributed by atoms with Crippen molar-refractivity contribution in [2.45, 2.75) is 69.1 Å². The first kappa shape index (κ1) is 26.1. The molecule has 8 heteroatoms. The van der Waals surface area contributed by atoms with Crippen LogP contribution in [0, 0.1) is 0 Å². The van der Waals surface area contributed by atoms with Crippen molar-refractivity contribution in [2.75, 3.05) is 19.8 Å². The third kappa shape index (κ3) is 6.24. The second-order valence-electron chi connectivity index (χ2n) is 9.81. The topological polar surface area (TPSA) is 112 Å². The first-order valence-electron chi connectivity index (χ1n) is 12.8. The third-order valence-electron chi connectivity index (χ3n) is 7.05. The maximum atomic E-state index is 13.6. The molecule has 0 aromatic heterocycles. The number of aliphatic hydroxyl groups is 2. The predicted octanol–water partition coefficient (Wildman–Crippen LogP) is 2.91. The van der Waals surface area contributed by atoms with Crippen LogP contribution in [-0.4, -0.2) is 59.0 Å². The summed E-state index contributed by atoms with van der Waals surface area (Å²) in [5.41, 5.74) is 5.56. The molecule has 2 aromatic carbocycles. The first-order chi connectivity index (χ1) is 17.4. The van der Waals surface area contributed by atoms with Gasteiger partial charge in [-0.1, -0.05) is 49.6 Å². The molecule has 0 saturated heterocycles. The smallest absolute Gasteiger partial charge is 0.266 e. The van der Waals surface area contributed by atoms with Gasteiger partial charge in [-0.05, 0) is 49.6 Å². The number of aliphatic hydroxyl groups excluding tert-OH is 1. The van der Waals surface area contributed by atoms with Crippen molar-refractivity contribution in [3.8, 4) is 5.75 Å². The van der Waals surface area contributed by atoms with E-state index in [-0.39, 0.29) is 12.5 Å². The van der Waals surface area contributed by atoms with E-state index in [9.17, 15) is 9.90 Å². The summed E-state index contributed by atoms with van der Waals surface area (Å²) in [6.45, 7) is 2.68. The van der Waals surface area contributed by atoms with Gasteiger partial charge in [-0.2, -0.15) is 0 Å². The Morgan fingerprint density at radius 2 is 1.83 bits per heavy atom. The summed E-state index contributed by atoms with van der Waals surface area (Å²) in [4.78, 5) is 18.5. The van der Waals surface area contributed by atoms with Gasteiger partial charge in [0.2, 0.25) is 5.90 Å². The van der Waals surface area contributed by atoms with Crippen molar-refractivity contribution in [1.29, 1.82) is 0 Å². The van der Waals surface area contributed by atoms with Crippen molar-refractivity contribution >= 4 is 11.8 Å². The number of hydrazine groups is 1. The van der Waals surface area contributed by atoms with Crippen molar-refractivity contribution in [3.05, 3.63) is 65.7 Å². The van der Waals surface area contributed by atoms with E-state index in [0.29, 0.717) is 37.6 Å². The highest BCUT2D eigenvalue weighted by molar-refractivity contribution is 6.00. The molecule has 4 rings (SSSR count). The number of rotatable bonds is 11. The van der Waals surface area contributed by atoms with E-state index >= 15 is 0 Å². The van der Waals surface area contributed by atoms with Gasteiger partial charge in [0, 0.05) is 31.6 Å². The van der Waals surface area contributed by atoms with Crippen molar-refractivity contribution in [1.82, 2.24) is 10.9 Å². The fourth-order valence-corrected chi connectivity index (χ4v) is 4.83. The molecule has 4 N–H and O–H groups in total. The Labute approximate surface area is 212 Å². The molecule has 1 heterocycles. The number of carbonyl (C=O) groups is 1. The molecule has 194 valence electrons. The second-order valence-corrected chi connectivity index (χ2v) is 9.81. The zero-order chi connectivity index (χ0) is 25.4. The number of nitrogens with one attached hydrogen (secondary N) is 2. The Balaban J connectivity index is 1.52. The number of carbonyl (C=O) groups excluding carboxylic acids is 1. The summed E-state index contributed by atoms with van der Waals surface area (Å²) in [6.07, 6.45) is 5.02. The molecular formula is C28H37N3O5. The van der Waals surface area contributed by atoms with E-state index in [1.165, 1.54) is 0 Å². The lowest BCUT2D eigenvalue weighted by Gasteiger charge is -2.33. The van der Waals surface area contributed by atoms with Crippen LogP contribution in [0.15, 0.2) is 59.6 Å². The summed E-state index contributed by atoms with van der Waals surface area (Å²) in [5.74, 6) is 0.801. The maximum absolute atomic E-state index is 13.6. The summed E-state index contributed by atoms with van der Waals surface area (Å²) in [7, 11) is 0. The summed E-state index contributed by atoms with van der Waals surface area (Å²) in [6, 6.07) is 17.1. The average molecular weight is 496 g/mol. The molecular weight excluding hydrogens is 458 g/mol. The predicted molar refractivity (Wildman–Crippen MR) is 138 cm³/mol. The zero-order valence-electron chi connectivity index (χ0n) is 20.9. The highest BCUT2D eigenvalue weighted by atomic mass is 16.5. The molecule has 1 amide bonds. The second kappa shape index (κ2) is 11.9. The quantitative estimate of drug-likeness (QED) is 0.282. The molecule has 1 aliphatic heterocycles. The Bertz CT molecular complexity index is 1020. The normalized spacial score (nSPS) is 23.0. The van der Waals surface area contributed by atoms with E-state index in [2.05, 4.69) is 10.9 Å². The highest BCUT2D eigenvalue weighted by Gasteiger charge is 2.50. The van der Waals surface area contributed by atoms with Gasteiger partial charge < -0.3 is 19.7 Å². The van der Waals surface area contributed by atoms with Crippen LogP contribution in [0.3, 0.4) is 0 Å².